The Balaban J connectivity index is 0.00000480. The van der Waals surface area contributed by atoms with Crippen LogP contribution < -0.4 is 15.4 Å². The molecule has 2 N–H and O–H groups in total. The number of guanidine groups is 1. The van der Waals surface area contributed by atoms with Crippen molar-refractivity contribution < 1.29 is 9.53 Å². The van der Waals surface area contributed by atoms with Gasteiger partial charge < -0.3 is 20.3 Å². The fourth-order valence-electron chi connectivity index (χ4n) is 3.11. The van der Waals surface area contributed by atoms with Crippen LogP contribution in [0.3, 0.4) is 0 Å². The predicted octanol–water partition coefficient (Wildman–Crippen LogP) is 3.80. The van der Waals surface area contributed by atoms with Crippen molar-refractivity contribution in [2.75, 3.05) is 40.3 Å². The van der Waals surface area contributed by atoms with Crippen molar-refractivity contribution >= 4 is 35.8 Å². The lowest BCUT2D eigenvalue weighted by Crippen LogP contribution is -2.39. The molecule has 0 aliphatic heterocycles. The van der Waals surface area contributed by atoms with E-state index >= 15 is 0 Å². The molecule has 0 unspecified atom stereocenters. The van der Waals surface area contributed by atoms with Gasteiger partial charge in [-0.2, -0.15) is 0 Å². The van der Waals surface area contributed by atoms with E-state index in [1.54, 1.807) is 19.0 Å². The topological polar surface area (TPSA) is 66.0 Å². The van der Waals surface area contributed by atoms with E-state index in [1.165, 1.54) is 11.1 Å². The van der Waals surface area contributed by atoms with E-state index in [0.717, 1.165) is 30.2 Å². The molecule has 0 radical (unpaired) electrons. The number of rotatable bonds is 9. The van der Waals surface area contributed by atoms with E-state index in [2.05, 4.69) is 35.5 Å². The van der Waals surface area contributed by atoms with Crippen molar-refractivity contribution in [2.24, 2.45) is 4.99 Å². The molecule has 0 saturated heterocycles. The van der Waals surface area contributed by atoms with Crippen molar-refractivity contribution in [3.8, 4) is 5.75 Å². The molecule has 0 aliphatic carbocycles. The number of nitrogens with one attached hydrogen (secondary N) is 2. The third-order valence-corrected chi connectivity index (χ3v) is 4.45. The summed E-state index contributed by atoms with van der Waals surface area (Å²) in [5.41, 5.74) is 4.20. The van der Waals surface area contributed by atoms with E-state index in [9.17, 15) is 4.79 Å². The first-order valence-corrected chi connectivity index (χ1v) is 10.4. The third-order valence-electron chi connectivity index (χ3n) is 4.45. The molecule has 7 heteroatoms. The highest BCUT2D eigenvalue weighted by atomic mass is 127. The summed E-state index contributed by atoms with van der Waals surface area (Å²) >= 11 is 0. The Bertz CT molecular complexity index is 848. The van der Waals surface area contributed by atoms with Gasteiger partial charge in [-0.25, -0.2) is 0 Å². The summed E-state index contributed by atoms with van der Waals surface area (Å²) < 4.78 is 5.84. The van der Waals surface area contributed by atoms with Crippen molar-refractivity contribution in [2.45, 2.75) is 27.2 Å². The third kappa shape index (κ3) is 9.59. The normalized spacial score (nSPS) is 10.8. The van der Waals surface area contributed by atoms with Gasteiger partial charge in [0.05, 0.1) is 6.54 Å². The molecule has 2 aromatic carbocycles. The second-order valence-electron chi connectivity index (χ2n) is 7.51. The quantitative estimate of drug-likeness (QED) is 0.221. The monoisotopic (exact) mass is 538 g/mol. The number of nitrogens with zero attached hydrogens (tertiary/aromatic N) is 2. The molecule has 6 nitrogen and oxygen atoms in total. The van der Waals surface area contributed by atoms with Crippen molar-refractivity contribution in [1.82, 2.24) is 15.5 Å². The van der Waals surface area contributed by atoms with Crippen molar-refractivity contribution in [3.05, 3.63) is 64.7 Å². The van der Waals surface area contributed by atoms with Gasteiger partial charge in [0.15, 0.2) is 5.96 Å². The van der Waals surface area contributed by atoms with Gasteiger partial charge in [-0.3, -0.25) is 9.79 Å². The molecule has 170 valence electrons. The summed E-state index contributed by atoms with van der Waals surface area (Å²) in [5.74, 6) is 1.67. The molecule has 0 heterocycles. The highest BCUT2D eigenvalue weighted by molar-refractivity contribution is 14.0. The minimum absolute atomic E-state index is 0. The lowest BCUT2D eigenvalue weighted by Gasteiger charge is -2.13. The van der Waals surface area contributed by atoms with E-state index in [-0.39, 0.29) is 29.9 Å². The Morgan fingerprint density at radius 2 is 1.77 bits per heavy atom. The summed E-state index contributed by atoms with van der Waals surface area (Å²) in [7, 11) is 3.52. The first kappa shape index (κ1) is 26.7. The van der Waals surface area contributed by atoms with Gasteiger partial charge in [-0.1, -0.05) is 18.2 Å². The maximum Gasteiger partial charge on any atom is 0.253 e. The summed E-state index contributed by atoms with van der Waals surface area (Å²) in [6, 6.07) is 14.0. The van der Waals surface area contributed by atoms with Crippen molar-refractivity contribution in [1.29, 1.82) is 0 Å². The van der Waals surface area contributed by atoms with Crippen LogP contribution in [-0.4, -0.2) is 57.1 Å². The number of aliphatic imine (C=N–C) groups is 1. The number of carbonyl (C=O) groups is 1. The van der Waals surface area contributed by atoms with Crippen LogP contribution in [0.4, 0.5) is 0 Å². The minimum atomic E-state index is 0. The van der Waals surface area contributed by atoms with E-state index in [1.807, 2.05) is 43.3 Å². The summed E-state index contributed by atoms with van der Waals surface area (Å²) in [6.07, 6.45) is 0.768. The smallest absolute Gasteiger partial charge is 0.253 e. The van der Waals surface area contributed by atoms with Crippen LogP contribution in [0.2, 0.25) is 0 Å². The number of benzene rings is 2. The molecule has 1 amide bonds. The lowest BCUT2D eigenvalue weighted by molar-refractivity contribution is 0.0827. The summed E-state index contributed by atoms with van der Waals surface area (Å²) in [6.45, 7) is 8.82. The molecule has 0 bridgehead atoms. The molecule has 2 rings (SSSR count). The zero-order valence-corrected chi connectivity index (χ0v) is 21.5. The van der Waals surface area contributed by atoms with Crippen LogP contribution in [0.5, 0.6) is 5.75 Å². The number of amides is 1. The fraction of sp³-hybridized carbons (Fsp3) is 0.417. The summed E-state index contributed by atoms with van der Waals surface area (Å²) in [5, 5.41) is 6.56. The average Bonchev–Trinajstić information content (AvgIpc) is 2.70. The van der Waals surface area contributed by atoms with E-state index < -0.39 is 0 Å². The van der Waals surface area contributed by atoms with Crippen LogP contribution in [0.15, 0.2) is 47.5 Å². The first-order chi connectivity index (χ1) is 14.4. The average molecular weight is 538 g/mol. The van der Waals surface area contributed by atoms with Gasteiger partial charge in [0, 0.05) is 32.7 Å². The van der Waals surface area contributed by atoms with Gasteiger partial charge in [-0.15, -0.1) is 24.0 Å². The van der Waals surface area contributed by atoms with Crippen LogP contribution in [0, 0.1) is 13.8 Å². The molecule has 2 aromatic rings. The van der Waals surface area contributed by atoms with Crippen LogP contribution in [0.25, 0.3) is 0 Å². The first-order valence-electron chi connectivity index (χ1n) is 10.4. The summed E-state index contributed by atoms with van der Waals surface area (Å²) in [4.78, 5) is 18.3. The Morgan fingerprint density at radius 3 is 2.42 bits per heavy atom. The fourth-order valence-corrected chi connectivity index (χ4v) is 3.11. The number of hydrogen-bond acceptors (Lipinski definition) is 3. The van der Waals surface area contributed by atoms with Gasteiger partial charge in [-0.05, 0) is 68.1 Å². The highest BCUT2D eigenvalue weighted by Gasteiger charge is 2.08. The maximum absolute atomic E-state index is 12.1. The second kappa shape index (κ2) is 13.9. The zero-order valence-electron chi connectivity index (χ0n) is 19.2. The lowest BCUT2D eigenvalue weighted by atomic mass is 10.1. The Hall–Kier alpha value is -2.29. The standard InChI is InChI=1S/C24H34N4O2.HI/c1-6-25-24(27-12-13-30-22-15-18(2)14-19(3)16-22)26-11-10-20-8-7-9-21(17-20)23(29)28(4)5;/h7-9,14-17H,6,10-13H2,1-5H3,(H2,25,26,27);1H. The second-order valence-corrected chi connectivity index (χ2v) is 7.51. The van der Waals surface area contributed by atoms with Gasteiger partial charge in [0.2, 0.25) is 0 Å². The SMILES string of the molecule is CCNC(=NCCc1cccc(C(=O)N(C)C)c1)NCCOc1cc(C)cc(C)c1.I. The largest absolute Gasteiger partial charge is 0.492 e. The zero-order chi connectivity index (χ0) is 21.9. The number of aryl methyl sites for hydroxylation is 2. The van der Waals surface area contributed by atoms with Gasteiger partial charge >= 0.3 is 0 Å². The molecule has 0 saturated carbocycles. The predicted molar refractivity (Wildman–Crippen MR) is 139 cm³/mol. The van der Waals surface area contributed by atoms with Crippen LogP contribution >= 0.6 is 24.0 Å². The minimum Gasteiger partial charge on any atom is -0.492 e. The number of halogens is 1. The Kier molecular flexibility index (Phi) is 12.0. The van der Waals surface area contributed by atoms with Crippen LogP contribution in [-0.2, 0) is 6.42 Å². The molecular weight excluding hydrogens is 503 g/mol. The molecule has 0 aromatic heterocycles. The Labute approximate surface area is 203 Å². The van der Waals surface area contributed by atoms with E-state index in [4.69, 9.17) is 4.74 Å². The molecule has 0 spiro atoms. The molecule has 0 fully saturated rings. The number of carbonyl (C=O) groups excluding carboxylic acids is 1. The number of ether oxygens (including phenoxy) is 1. The van der Waals surface area contributed by atoms with Gasteiger partial charge in [0.25, 0.3) is 5.91 Å². The molecule has 0 aliphatic rings. The number of hydrogen-bond donors (Lipinski definition) is 2. The maximum atomic E-state index is 12.1. The van der Waals surface area contributed by atoms with Crippen molar-refractivity contribution in [3.63, 3.8) is 0 Å². The molecular formula is C24H35IN4O2. The van der Waals surface area contributed by atoms with Gasteiger partial charge in [0.1, 0.15) is 12.4 Å². The molecule has 0 atom stereocenters. The highest BCUT2D eigenvalue weighted by Crippen LogP contribution is 2.15. The van der Waals surface area contributed by atoms with E-state index in [0.29, 0.717) is 25.3 Å². The van der Waals surface area contributed by atoms with Crippen LogP contribution in [0.1, 0.15) is 34.0 Å². The molecule has 31 heavy (non-hydrogen) atoms. The Morgan fingerprint density at radius 1 is 1.06 bits per heavy atom.